The van der Waals surface area contributed by atoms with Gasteiger partial charge in [0, 0.05) is 41.0 Å². The largest absolute Gasteiger partial charge is 0.473 e. The van der Waals surface area contributed by atoms with E-state index in [1.54, 1.807) is 30.7 Å². The molecule has 0 spiro atoms. The molecule has 0 radical (unpaired) electrons. The molecule has 0 atom stereocenters. The molecular weight excluding hydrogens is 674 g/mol. The summed E-state index contributed by atoms with van der Waals surface area (Å²) >= 11 is 6.77. The van der Waals surface area contributed by atoms with Crippen LogP contribution >= 0.6 is 22.9 Å². The summed E-state index contributed by atoms with van der Waals surface area (Å²) in [6.07, 6.45) is -0.0596. The minimum absolute atomic E-state index is 0.0267. The van der Waals surface area contributed by atoms with Crippen molar-refractivity contribution in [2.24, 2.45) is 0 Å². The maximum absolute atomic E-state index is 14.2. The van der Waals surface area contributed by atoms with Crippen molar-refractivity contribution in [1.29, 1.82) is 0 Å². The Bertz CT molecular complexity index is 1950. The molecule has 10 nitrogen and oxygen atoms in total. The number of halogens is 5. The molecule has 1 saturated heterocycles. The number of hydrogen-bond donors (Lipinski definition) is 1. The van der Waals surface area contributed by atoms with Crippen molar-refractivity contribution in [3.05, 3.63) is 93.5 Å². The molecule has 6 rings (SSSR count). The van der Waals surface area contributed by atoms with Gasteiger partial charge in [0.1, 0.15) is 23.1 Å². The first-order valence-corrected chi connectivity index (χ1v) is 16.3. The van der Waals surface area contributed by atoms with E-state index in [2.05, 4.69) is 14.9 Å². The van der Waals surface area contributed by atoms with E-state index in [-0.39, 0.29) is 17.4 Å². The van der Waals surface area contributed by atoms with Gasteiger partial charge in [0.15, 0.2) is 0 Å². The van der Waals surface area contributed by atoms with E-state index < -0.39 is 23.8 Å². The molecule has 1 aliphatic rings. The molecule has 0 aliphatic carbocycles. The van der Waals surface area contributed by atoms with E-state index in [1.807, 2.05) is 28.2 Å². The second-order valence-electron chi connectivity index (χ2n) is 11.3. The molecule has 1 aliphatic heterocycles. The second kappa shape index (κ2) is 14.0. The Morgan fingerprint density at radius 1 is 1.10 bits per heavy atom. The Balaban J connectivity index is 1.14. The van der Waals surface area contributed by atoms with Crippen LogP contribution in [0.3, 0.4) is 0 Å². The smallest absolute Gasteiger partial charge is 0.471 e. The normalized spacial score (nSPS) is 14.5. The SMILES string of the molecule is CCn1cncc1Cn1c(CN2CCC(c3cccc(OCc4ccc(Cl)cc4F)n3)CC2)nc2sc(C(=O)NC(=O)C(F)(F)F)cc21. The van der Waals surface area contributed by atoms with E-state index in [0.29, 0.717) is 46.4 Å². The number of pyridine rings is 1. The van der Waals surface area contributed by atoms with Crippen LogP contribution in [0, 0.1) is 5.82 Å². The maximum atomic E-state index is 14.2. The fraction of sp³-hybridized carbons (Fsp3) is 0.344. The Morgan fingerprint density at radius 2 is 1.90 bits per heavy atom. The number of aryl methyl sites for hydroxylation is 1. The van der Waals surface area contributed by atoms with Crippen LogP contribution in [0.2, 0.25) is 5.02 Å². The highest BCUT2D eigenvalue weighted by atomic mass is 35.5. The van der Waals surface area contributed by atoms with Crippen LogP contribution in [0.5, 0.6) is 5.88 Å². The summed E-state index contributed by atoms with van der Waals surface area (Å²) in [6.45, 7) is 5.10. The molecule has 1 N–H and O–H groups in total. The molecule has 1 aromatic carbocycles. The van der Waals surface area contributed by atoms with Gasteiger partial charge >= 0.3 is 12.1 Å². The molecule has 5 aromatic rings. The fourth-order valence-corrected chi connectivity index (χ4v) is 6.75. The first kappa shape index (κ1) is 33.6. The van der Waals surface area contributed by atoms with Crippen molar-refractivity contribution in [2.45, 2.75) is 58.1 Å². The van der Waals surface area contributed by atoms with Gasteiger partial charge in [0.25, 0.3) is 5.91 Å². The highest BCUT2D eigenvalue weighted by molar-refractivity contribution is 7.20. The Morgan fingerprint density at radius 3 is 2.62 bits per heavy atom. The number of aromatic nitrogens is 5. The van der Waals surface area contributed by atoms with E-state index in [4.69, 9.17) is 21.3 Å². The fourth-order valence-electron chi connectivity index (χ4n) is 5.65. The van der Waals surface area contributed by atoms with Gasteiger partial charge < -0.3 is 13.9 Å². The molecule has 252 valence electrons. The highest BCUT2D eigenvalue weighted by Gasteiger charge is 2.40. The number of benzene rings is 1. The van der Waals surface area contributed by atoms with Crippen molar-refractivity contribution in [3.63, 3.8) is 0 Å². The molecule has 16 heteroatoms. The van der Waals surface area contributed by atoms with Crippen molar-refractivity contribution >= 4 is 45.1 Å². The van der Waals surface area contributed by atoms with Gasteiger partial charge in [0.2, 0.25) is 5.88 Å². The number of carbonyl (C=O) groups excluding carboxylic acids is 2. The minimum Gasteiger partial charge on any atom is -0.473 e. The van der Waals surface area contributed by atoms with Crippen LogP contribution in [0.1, 0.15) is 58.1 Å². The number of amides is 2. The van der Waals surface area contributed by atoms with Crippen LogP contribution in [-0.2, 0) is 31.0 Å². The monoisotopic (exact) mass is 703 g/mol. The molecule has 5 heterocycles. The zero-order valence-corrected chi connectivity index (χ0v) is 27.2. The predicted octanol–water partition coefficient (Wildman–Crippen LogP) is 6.33. The molecule has 0 unspecified atom stereocenters. The summed E-state index contributed by atoms with van der Waals surface area (Å²) in [5.41, 5.74) is 2.76. The van der Waals surface area contributed by atoms with Crippen LogP contribution in [0.25, 0.3) is 10.3 Å². The second-order valence-corrected chi connectivity index (χ2v) is 12.8. The first-order valence-electron chi connectivity index (χ1n) is 15.1. The number of carbonyl (C=O) groups is 2. The van der Waals surface area contributed by atoms with Gasteiger partial charge in [-0.2, -0.15) is 13.2 Å². The zero-order valence-electron chi connectivity index (χ0n) is 25.6. The highest BCUT2D eigenvalue weighted by Crippen LogP contribution is 2.31. The van der Waals surface area contributed by atoms with E-state index in [0.717, 1.165) is 54.5 Å². The van der Waals surface area contributed by atoms with Gasteiger partial charge in [-0.25, -0.2) is 19.3 Å². The third-order valence-corrected chi connectivity index (χ3v) is 9.45. The Hall–Kier alpha value is -4.34. The third kappa shape index (κ3) is 7.53. The number of nitrogens with one attached hydrogen (secondary N) is 1. The van der Waals surface area contributed by atoms with Crippen LogP contribution < -0.4 is 10.1 Å². The standard InChI is InChI=1S/C32H30ClF4N7O3S/c1-2-43-18-38-14-22(43)15-44-25-13-26(29(45)41-31(46)32(35,36)37)48-30(25)40-27(44)16-42-10-8-19(9-11-42)24-4-3-5-28(39-24)47-17-20-6-7-21(33)12-23(20)34/h3-7,12-14,18-19H,2,8-11,15-17H2,1H3,(H,41,45,46). The number of alkyl halides is 3. The minimum atomic E-state index is -5.18. The molecule has 0 saturated carbocycles. The Labute approximate surface area is 281 Å². The number of piperidine rings is 1. The summed E-state index contributed by atoms with van der Waals surface area (Å²) in [4.78, 5) is 40.2. The summed E-state index contributed by atoms with van der Waals surface area (Å²) in [5.74, 6) is -2.55. The van der Waals surface area contributed by atoms with Crippen molar-refractivity contribution < 1.29 is 31.9 Å². The summed E-state index contributed by atoms with van der Waals surface area (Å²) < 4.78 is 62.1. The quantitative estimate of drug-likeness (QED) is 0.170. The number of ether oxygens (including phenoxy) is 1. The van der Waals surface area contributed by atoms with Crippen molar-refractivity contribution in [3.8, 4) is 5.88 Å². The van der Waals surface area contributed by atoms with Crippen LogP contribution in [-0.4, -0.2) is 60.1 Å². The van der Waals surface area contributed by atoms with Gasteiger partial charge in [-0.05, 0) is 57.1 Å². The number of imidazole rings is 2. The van der Waals surface area contributed by atoms with Crippen LogP contribution in [0.15, 0.2) is 55.0 Å². The lowest BCUT2D eigenvalue weighted by Crippen LogP contribution is -2.40. The van der Waals surface area contributed by atoms with Gasteiger partial charge in [0.05, 0.1) is 35.5 Å². The summed E-state index contributed by atoms with van der Waals surface area (Å²) in [7, 11) is 0. The first-order chi connectivity index (χ1) is 23.0. The predicted molar refractivity (Wildman–Crippen MR) is 170 cm³/mol. The average Bonchev–Trinajstić information content (AvgIpc) is 3.76. The summed E-state index contributed by atoms with van der Waals surface area (Å²) in [6, 6.07) is 11.5. The van der Waals surface area contributed by atoms with Gasteiger partial charge in [-0.3, -0.25) is 19.8 Å². The number of thiophene rings is 1. The van der Waals surface area contributed by atoms with Crippen LogP contribution in [0.4, 0.5) is 17.6 Å². The molecule has 4 aromatic heterocycles. The lowest BCUT2D eigenvalue weighted by atomic mass is 9.93. The number of fused-ring (bicyclic) bond motifs is 1. The van der Waals surface area contributed by atoms with Gasteiger partial charge in [-0.1, -0.05) is 23.7 Å². The zero-order chi connectivity index (χ0) is 34.0. The molecule has 2 amide bonds. The average molecular weight is 704 g/mol. The number of imide groups is 1. The maximum Gasteiger partial charge on any atom is 0.471 e. The van der Waals surface area contributed by atoms with E-state index >= 15 is 0 Å². The van der Waals surface area contributed by atoms with E-state index in [1.165, 1.54) is 17.4 Å². The summed E-state index contributed by atoms with van der Waals surface area (Å²) in [5, 5.41) is 1.72. The lowest BCUT2D eigenvalue weighted by Gasteiger charge is -2.31. The third-order valence-electron chi connectivity index (χ3n) is 8.20. The number of rotatable bonds is 10. The van der Waals surface area contributed by atoms with Crippen molar-refractivity contribution in [2.75, 3.05) is 13.1 Å². The lowest BCUT2D eigenvalue weighted by molar-refractivity contribution is -0.172. The molecule has 1 fully saturated rings. The van der Waals surface area contributed by atoms with E-state index in [9.17, 15) is 27.2 Å². The number of likely N-dealkylation sites (tertiary alicyclic amines) is 1. The number of hydrogen-bond acceptors (Lipinski definition) is 8. The Kier molecular flexibility index (Phi) is 9.80. The number of nitrogens with zero attached hydrogens (tertiary/aromatic N) is 6. The van der Waals surface area contributed by atoms with Crippen molar-refractivity contribution in [1.82, 2.24) is 34.3 Å². The van der Waals surface area contributed by atoms with Gasteiger partial charge in [-0.15, -0.1) is 11.3 Å². The molecule has 0 bridgehead atoms. The topological polar surface area (TPSA) is 107 Å². The molecule has 48 heavy (non-hydrogen) atoms. The molecular formula is C32H30ClF4N7O3S.